The number of para-hydroxylation sites is 1. The molecule has 0 N–H and O–H groups in total. The molecule has 0 unspecified atom stereocenters. The van der Waals surface area contributed by atoms with E-state index in [4.69, 9.17) is 14.2 Å². The standard InChI is InChI=1S/C23H21FN2O4/c1-28-21-9-7-16(13-18(21)24)19-8-10-22-20(25-19)14-26(23(27)15-30-22)11-12-29-17-5-3-2-4-6-17/h2-10,13H,11-12,14-15H2,1H3. The van der Waals surface area contributed by atoms with Crippen LogP contribution in [0.25, 0.3) is 11.3 Å². The number of carbonyl (C=O) groups is 1. The van der Waals surface area contributed by atoms with Crippen LogP contribution in [-0.4, -0.2) is 42.7 Å². The molecule has 0 radical (unpaired) electrons. The Labute approximate surface area is 173 Å². The van der Waals surface area contributed by atoms with E-state index in [1.54, 1.807) is 29.2 Å². The SMILES string of the molecule is COc1ccc(-c2ccc3c(n2)CN(CCOc2ccccc2)C(=O)CO3)cc1F. The van der Waals surface area contributed by atoms with Crippen LogP contribution in [0.5, 0.6) is 17.2 Å². The van der Waals surface area contributed by atoms with Gasteiger partial charge in [0.05, 0.1) is 25.9 Å². The summed E-state index contributed by atoms with van der Waals surface area (Å²) in [6, 6.07) is 17.6. The molecule has 154 valence electrons. The third-order valence-electron chi connectivity index (χ3n) is 4.80. The molecule has 0 atom stereocenters. The van der Waals surface area contributed by atoms with Gasteiger partial charge in [-0.2, -0.15) is 0 Å². The van der Waals surface area contributed by atoms with Gasteiger partial charge < -0.3 is 19.1 Å². The second-order valence-corrected chi connectivity index (χ2v) is 6.76. The van der Waals surface area contributed by atoms with Crippen LogP contribution >= 0.6 is 0 Å². The minimum absolute atomic E-state index is 0.0590. The van der Waals surface area contributed by atoms with Crippen molar-refractivity contribution in [2.24, 2.45) is 0 Å². The molecule has 0 saturated heterocycles. The summed E-state index contributed by atoms with van der Waals surface area (Å²) < 4.78 is 30.4. The van der Waals surface area contributed by atoms with E-state index in [2.05, 4.69) is 4.98 Å². The molecule has 7 heteroatoms. The third-order valence-corrected chi connectivity index (χ3v) is 4.80. The number of aromatic nitrogens is 1. The number of benzene rings is 2. The largest absolute Gasteiger partial charge is 0.494 e. The van der Waals surface area contributed by atoms with Crippen molar-refractivity contribution >= 4 is 5.91 Å². The Bertz CT molecular complexity index is 1040. The lowest BCUT2D eigenvalue weighted by molar-refractivity contribution is -0.133. The summed E-state index contributed by atoms with van der Waals surface area (Å²) in [6.07, 6.45) is 0. The van der Waals surface area contributed by atoms with Crippen molar-refractivity contribution in [1.82, 2.24) is 9.88 Å². The first-order chi connectivity index (χ1) is 14.6. The molecule has 4 rings (SSSR count). The Morgan fingerprint density at radius 3 is 2.73 bits per heavy atom. The molecule has 3 aromatic rings. The highest BCUT2D eigenvalue weighted by atomic mass is 19.1. The average Bonchev–Trinajstić information content (AvgIpc) is 2.93. The maximum Gasteiger partial charge on any atom is 0.260 e. The number of ether oxygens (including phenoxy) is 3. The van der Waals surface area contributed by atoms with E-state index in [0.717, 1.165) is 5.75 Å². The predicted molar refractivity (Wildman–Crippen MR) is 109 cm³/mol. The van der Waals surface area contributed by atoms with Gasteiger partial charge in [0, 0.05) is 5.56 Å². The third kappa shape index (κ3) is 4.35. The van der Waals surface area contributed by atoms with Crippen LogP contribution in [-0.2, 0) is 11.3 Å². The maximum absolute atomic E-state index is 14.1. The molecule has 0 spiro atoms. The monoisotopic (exact) mass is 408 g/mol. The highest BCUT2D eigenvalue weighted by molar-refractivity contribution is 5.78. The average molecular weight is 408 g/mol. The van der Waals surface area contributed by atoms with Crippen molar-refractivity contribution in [1.29, 1.82) is 0 Å². The number of pyridine rings is 1. The Hall–Kier alpha value is -3.61. The molecule has 2 heterocycles. The summed E-state index contributed by atoms with van der Waals surface area (Å²) in [5.41, 5.74) is 1.83. The van der Waals surface area contributed by atoms with Crippen LogP contribution in [0, 0.1) is 5.82 Å². The zero-order valence-electron chi connectivity index (χ0n) is 16.5. The van der Waals surface area contributed by atoms with Crippen molar-refractivity contribution in [3.8, 4) is 28.5 Å². The lowest BCUT2D eigenvalue weighted by Crippen LogP contribution is -2.35. The molecular formula is C23H21FN2O4. The van der Waals surface area contributed by atoms with E-state index in [9.17, 15) is 9.18 Å². The lowest BCUT2D eigenvalue weighted by Gasteiger charge is -2.20. The van der Waals surface area contributed by atoms with Crippen LogP contribution in [0.4, 0.5) is 4.39 Å². The number of amides is 1. The van der Waals surface area contributed by atoms with Crippen molar-refractivity contribution < 1.29 is 23.4 Å². The van der Waals surface area contributed by atoms with Gasteiger partial charge in [0.2, 0.25) is 0 Å². The topological polar surface area (TPSA) is 60.9 Å². The Kier molecular flexibility index (Phi) is 5.79. The lowest BCUT2D eigenvalue weighted by atomic mass is 10.1. The second-order valence-electron chi connectivity index (χ2n) is 6.76. The van der Waals surface area contributed by atoms with Crippen molar-refractivity contribution in [2.45, 2.75) is 6.54 Å². The minimum atomic E-state index is -0.460. The fourth-order valence-corrected chi connectivity index (χ4v) is 3.21. The van der Waals surface area contributed by atoms with Crippen LogP contribution in [0.15, 0.2) is 60.7 Å². The van der Waals surface area contributed by atoms with E-state index < -0.39 is 5.82 Å². The second kappa shape index (κ2) is 8.82. The molecule has 1 aliphatic heterocycles. The number of halogens is 1. The number of nitrogens with zero attached hydrogens (tertiary/aromatic N) is 2. The number of methoxy groups -OCH3 is 1. The van der Waals surface area contributed by atoms with Gasteiger partial charge in [-0.3, -0.25) is 4.79 Å². The van der Waals surface area contributed by atoms with E-state index in [1.165, 1.54) is 13.2 Å². The molecule has 0 fully saturated rings. The van der Waals surface area contributed by atoms with E-state index in [0.29, 0.717) is 42.4 Å². The molecule has 2 aromatic carbocycles. The number of hydrogen-bond acceptors (Lipinski definition) is 5. The number of fused-ring (bicyclic) bond motifs is 1. The van der Waals surface area contributed by atoms with Crippen LogP contribution in [0.2, 0.25) is 0 Å². The molecule has 0 saturated carbocycles. The first kappa shape index (κ1) is 19.7. The molecule has 6 nitrogen and oxygen atoms in total. The minimum Gasteiger partial charge on any atom is -0.494 e. The quantitative estimate of drug-likeness (QED) is 0.623. The van der Waals surface area contributed by atoms with E-state index in [-0.39, 0.29) is 18.3 Å². The van der Waals surface area contributed by atoms with Gasteiger partial charge in [-0.25, -0.2) is 9.37 Å². The highest BCUT2D eigenvalue weighted by Crippen LogP contribution is 2.28. The summed E-state index contributed by atoms with van der Waals surface area (Å²) >= 11 is 0. The first-order valence-electron chi connectivity index (χ1n) is 9.56. The fraction of sp³-hybridized carbons (Fsp3) is 0.217. The number of rotatable bonds is 6. The number of hydrogen-bond donors (Lipinski definition) is 0. The van der Waals surface area contributed by atoms with E-state index in [1.807, 2.05) is 30.3 Å². The Balaban J connectivity index is 1.50. The molecule has 1 aromatic heterocycles. The van der Waals surface area contributed by atoms with E-state index >= 15 is 0 Å². The summed E-state index contributed by atoms with van der Waals surface area (Å²) in [7, 11) is 1.42. The Morgan fingerprint density at radius 1 is 1.13 bits per heavy atom. The molecule has 30 heavy (non-hydrogen) atoms. The summed E-state index contributed by atoms with van der Waals surface area (Å²) in [5.74, 6) is 0.873. The molecular weight excluding hydrogens is 387 g/mol. The van der Waals surface area contributed by atoms with Gasteiger partial charge in [-0.15, -0.1) is 0 Å². The predicted octanol–water partition coefficient (Wildman–Crippen LogP) is 3.70. The summed E-state index contributed by atoms with van der Waals surface area (Å²) in [5, 5.41) is 0. The molecule has 1 aliphatic rings. The first-order valence-corrected chi connectivity index (χ1v) is 9.56. The van der Waals surface area contributed by atoms with Gasteiger partial charge in [0.1, 0.15) is 23.8 Å². The number of carbonyl (C=O) groups excluding carboxylic acids is 1. The van der Waals surface area contributed by atoms with Gasteiger partial charge in [-0.1, -0.05) is 18.2 Å². The van der Waals surface area contributed by atoms with Crippen molar-refractivity contribution in [3.05, 3.63) is 72.2 Å². The highest BCUT2D eigenvalue weighted by Gasteiger charge is 2.23. The molecule has 0 aliphatic carbocycles. The maximum atomic E-state index is 14.1. The molecule has 0 bridgehead atoms. The summed E-state index contributed by atoms with van der Waals surface area (Å²) in [4.78, 5) is 18.7. The van der Waals surface area contributed by atoms with Gasteiger partial charge in [0.15, 0.2) is 18.2 Å². The van der Waals surface area contributed by atoms with Crippen molar-refractivity contribution in [3.63, 3.8) is 0 Å². The Morgan fingerprint density at radius 2 is 1.97 bits per heavy atom. The van der Waals surface area contributed by atoms with Crippen LogP contribution in [0.3, 0.4) is 0 Å². The normalized spacial score (nSPS) is 13.3. The molecule has 1 amide bonds. The summed E-state index contributed by atoms with van der Waals surface area (Å²) in [6.45, 7) is 0.989. The van der Waals surface area contributed by atoms with Gasteiger partial charge >= 0.3 is 0 Å². The van der Waals surface area contributed by atoms with Crippen LogP contribution in [0.1, 0.15) is 5.69 Å². The van der Waals surface area contributed by atoms with Crippen LogP contribution < -0.4 is 14.2 Å². The van der Waals surface area contributed by atoms with Gasteiger partial charge in [0.25, 0.3) is 5.91 Å². The van der Waals surface area contributed by atoms with Gasteiger partial charge in [-0.05, 0) is 42.5 Å². The zero-order valence-corrected chi connectivity index (χ0v) is 16.5. The van der Waals surface area contributed by atoms with Crippen molar-refractivity contribution in [2.75, 3.05) is 26.9 Å². The fourth-order valence-electron chi connectivity index (χ4n) is 3.21. The zero-order chi connectivity index (χ0) is 20.9. The smallest absolute Gasteiger partial charge is 0.260 e.